The number of aryl methyl sites for hydroxylation is 2. The van der Waals surface area contributed by atoms with Crippen LogP contribution in [-0.2, 0) is 9.53 Å². The lowest BCUT2D eigenvalue weighted by Crippen LogP contribution is -2.15. The van der Waals surface area contributed by atoms with Crippen LogP contribution in [0.4, 0.5) is 0 Å². The smallest absolute Gasteiger partial charge is 0.316 e. The lowest BCUT2D eigenvalue weighted by atomic mass is 10.0. The molecule has 0 aliphatic heterocycles. The van der Waals surface area contributed by atoms with Crippen LogP contribution < -0.4 is 0 Å². The molecule has 0 bridgehead atoms. The number of benzene rings is 3. The Hall–Kier alpha value is -2.37. The fourth-order valence-corrected chi connectivity index (χ4v) is 4.16. The van der Waals surface area contributed by atoms with Gasteiger partial charge in [-0.1, -0.05) is 70.5 Å². The van der Waals surface area contributed by atoms with Gasteiger partial charge in [-0.15, -0.1) is 11.8 Å². The van der Waals surface area contributed by atoms with Gasteiger partial charge in [0, 0.05) is 14.9 Å². The Bertz CT molecular complexity index is 1010. The van der Waals surface area contributed by atoms with Gasteiger partial charge in [-0.05, 0) is 48.2 Å². The molecule has 3 nitrogen and oxygen atoms in total. The molecule has 3 aromatic rings. The first-order valence-electron chi connectivity index (χ1n) is 9.18. The molecule has 0 amide bonds. The molecule has 29 heavy (non-hydrogen) atoms. The summed E-state index contributed by atoms with van der Waals surface area (Å²) < 4.78 is 6.22. The third-order valence-electron chi connectivity index (χ3n) is 4.48. The topological polar surface area (TPSA) is 43.4 Å². The Morgan fingerprint density at radius 1 is 0.897 bits per heavy atom. The molecule has 3 rings (SSSR count). The average Bonchev–Trinajstić information content (AvgIpc) is 2.74. The third-order valence-corrected chi connectivity index (χ3v) is 6.47. The number of halogens is 1. The monoisotopic (exact) mass is 468 g/mol. The summed E-state index contributed by atoms with van der Waals surface area (Å²) in [6.07, 6.45) is 0. The van der Waals surface area contributed by atoms with Crippen LogP contribution in [-0.4, -0.2) is 24.1 Å². The number of Topliss-reactive ketones (excluding diaryl/α,β-unsaturated/α-hetero) is 1. The molecule has 0 N–H and O–H groups in total. The number of rotatable bonds is 7. The van der Waals surface area contributed by atoms with Crippen LogP contribution >= 0.6 is 27.7 Å². The summed E-state index contributed by atoms with van der Waals surface area (Å²) in [6, 6.07) is 21.4. The number of esters is 1. The highest BCUT2D eigenvalue weighted by atomic mass is 79.9. The van der Waals surface area contributed by atoms with E-state index < -0.39 is 5.97 Å². The third kappa shape index (κ3) is 5.81. The van der Waals surface area contributed by atoms with Crippen molar-refractivity contribution in [3.63, 3.8) is 0 Å². The summed E-state index contributed by atoms with van der Waals surface area (Å²) in [5, 5.41) is 0. The van der Waals surface area contributed by atoms with Crippen molar-refractivity contribution in [3.05, 3.63) is 87.9 Å². The molecule has 148 valence electrons. The van der Waals surface area contributed by atoms with Crippen molar-refractivity contribution >= 4 is 39.4 Å². The molecular weight excluding hydrogens is 448 g/mol. The molecule has 0 spiro atoms. The van der Waals surface area contributed by atoms with Gasteiger partial charge in [-0.2, -0.15) is 0 Å². The van der Waals surface area contributed by atoms with E-state index in [1.807, 2.05) is 68.4 Å². The Morgan fingerprint density at radius 2 is 1.55 bits per heavy atom. The van der Waals surface area contributed by atoms with Gasteiger partial charge in [0.15, 0.2) is 12.4 Å². The van der Waals surface area contributed by atoms with E-state index in [-0.39, 0.29) is 18.1 Å². The molecule has 0 aliphatic rings. The summed E-state index contributed by atoms with van der Waals surface area (Å²) >= 11 is 4.92. The zero-order valence-corrected chi connectivity index (χ0v) is 18.7. The molecule has 0 atom stereocenters. The fraction of sp³-hybridized carbons (Fsp3) is 0.167. The first-order valence-corrected chi connectivity index (χ1v) is 11.0. The first-order chi connectivity index (χ1) is 13.9. The lowest BCUT2D eigenvalue weighted by molar-refractivity contribution is -0.139. The number of hydrogen-bond donors (Lipinski definition) is 0. The van der Waals surface area contributed by atoms with E-state index in [0.717, 1.165) is 31.6 Å². The molecule has 0 aliphatic carbocycles. The van der Waals surface area contributed by atoms with Gasteiger partial charge in [0.1, 0.15) is 0 Å². The summed E-state index contributed by atoms with van der Waals surface area (Å²) in [6.45, 7) is 3.76. The lowest BCUT2D eigenvalue weighted by Gasteiger charge is -2.09. The quantitative estimate of drug-likeness (QED) is 0.233. The van der Waals surface area contributed by atoms with Gasteiger partial charge in [-0.25, -0.2) is 0 Å². The van der Waals surface area contributed by atoms with Crippen molar-refractivity contribution in [3.8, 4) is 11.1 Å². The molecule has 3 aromatic carbocycles. The summed E-state index contributed by atoms with van der Waals surface area (Å²) in [5.41, 5.74) is 4.86. The largest absolute Gasteiger partial charge is 0.457 e. The highest BCUT2D eigenvalue weighted by molar-refractivity contribution is 9.10. The minimum Gasteiger partial charge on any atom is -0.457 e. The van der Waals surface area contributed by atoms with Gasteiger partial charge in [-0.3, -0.25) is 9.59 Å². The molecule has 0 saturated carbocycles. The van der Waals surface area contributed by atoms with Crippen molar-refractivity contribution in [2.75, 3.05) is 12.4 Å². The molecule has 0 fully saturated rings. The van der Waals surface area contributed by atoms with Crippen molar-refractivity contribution in [2.24, 2.45) is 0 Å². The Kier molecular flexibility index (Phi) is 7.29. The van der Waals surface area contributed by atoms with Crippen LogP contribution in [0, 0.1) is 13.8 Å². The van der Waals surface area contributed by atoms with Crippen LogP contribution in [0.3, 0.4) is 0 Å². The Balaban J connectivity index is 1.51. The minimum atomic E-state index is -0.399. The predicted octanol–water partition coefficient (Wildman–Crippen LogP) is 6.25. The second-order valence-electron chi connectivity index (χ2n) is 6.68. The zero-order chi connectivity index (χ0) is 20.8. The van der Waals surface area contributed by atoms with Crippen LogP contribution in [0.25, 0.3) is 11.1 Å². The maximum atomic E-state index is 12.3. The fourth-order valence-electron chi connectivity index (χ4n) is 2.80. The zero-order valence-electron chi connectivity index (χ0n) is 16.3. The first kappa shape index (κ1) is 21.3. The summed E-state index contributed by atoms with van der Waals surface area (Å²) in [7, 11) is 0. The number of thioether (sulfide) groups is 1. The number of ether oxygens (including phenoxy) is 1. The van der Waals surface area contributed by atoms with Gasteiger partial charge in [0.25, 0.3) is 0 Å². The predicted molar refractivity (Wildman–Crippen MR) is 122 cm³/mol. The molecule has 0 radical (unpaired) electrons. The van der Waals surface area contributed by atoms with E-state index in [0.29, 0.717) is 5.56 Å². The van der Waals surface area contributed by atoms with E-state index in [1.165, 1.54) is 11.8 Å². The van der Waals surface area contributed by atoms with E-state index in [4.69, 9.17) is 4.74 Å². The second kappa shape index (κ2) is 9.90. The van der Waals surface area contributed by atoms with Gasteiger partial charge < -0.3 is 4.74 Å². The number of carbonyl (C=O) groups excluding carboxylic acids is 2. The highest BCUT2D eigenvalue weighted by Crippen LogP contribution is 2.28. The van der Waals surface area contributed by atoms with Gasteiger partial charge >= 0.3 is 5.97 Å². The minimum absolute atomic E-state index is 0.169. The highest BCUT2D eigenvalue weighted by Gasteiger charge is 2.12. The number of ketones is 1. The van der Waals surface area contributed by atoms with Crippen LogP contribution in [0.15, 0.2) is 76.1 Å². The second-order valence-corrected chi connectivity index (χ2v) is 8.55. The summed E-state index contributed by atoms with van der Waals surface area (Å²) in [5.74, 6) is -0.440. The van der Waals surface area contributed by atoms with Crippen molar-refractivity contribution < 1.29 is 14.3 Å². The Labute approximate surface area is 183 Å². The van der Waals surface area contributed by atoms with E-state index in [9.17, 15) is 9.59 Å². The van der Waals surface area contributed by atoms with Gasteiger partial charge in [0.05, 0.1) is 5.75 Å². The summed E-state index contributed by atoms with van der Waals surface area (Å²) in [4.78, 5) is 25.4. The maximum Gasteiger partial charge on any atom is 0.316 e. The van der Waals surface area contributed by atoms with Crippen molar-refractivity contribution in [1.82, 2.24) is 0 Å². The normalized spacial score (nSPS) is 10.6. The molecular formula is C24H21BrO3S. The van der Waals surface area contributed by atoms with Crippen molar-refractivity contribution in [2.45, 2.75) is 18.7 Å². The van der Waals surface area contributed by atoms with E-state index in [2.05, 4.69) is 15.9 Å². The average molecular weight is 469 g/mol. The van der Waals surface area contributed by atoms with Crippen LogP contribution in [0.2, 0.25) is 0 Å². The molecule has 0 unspecified atom stereocenters. The standard InChI is InChI=1S/C24H21BrO3S/c1-16-13-23(17(2)12-21(16)25)29-15-24(27)28-14-22(26)20-10-8-19(9-11-20)18-6-4-3-5-7-18/h3-13H,14-15H2,1-2H3. The van der Waals surface area contributed by atoms with E-state index >= 15 is 0 Å². The molecule has 5 heteroatoms. The molecule has 0 saturated heterocycles. The maximum absolute atomic E-state index is 12.3. The van der Waals surface area contributed by atoms with Gasteiger partial charge in [0.2, 0.25) is 0 Å². The van der Waals surface area contributed by atoms with Crippen molar-refractivity contribution in [1.29, 1.82) is 0 Å². The van der Waals surface area contributed by atoms with Crippen LogP contribution in [0.5, 0.6) is 0 Å². The number of hydrogen-bond acceptors (Lipinski definition) is 4. The Morgan fingerprint density at radius 3 is 2.24 bits per heavy atom. The molecule has 0 heterocycles. The molecule has 0 aromatic heterocycles. The van der Waals surface area contributed by atoms with Crippen LogP contribution in [0.1, 0.15) is 21.5 Å². The van der Waals surface area contributed by atoms with E-state index in [1.54, 1.807) is 12.1 Å². The SMILES string of the molecule is Cc1cc(SCC(=O)OCC(=O)c2ccc(-c3ccccc3)cc2)c(C)cc1Br. The number of carbonyl (C=O) groups is 2.